The highest BCUT2D eigenvalue weighted by Crippen LogP contribution is 2.25. The van der Waals surface area contributed by atoms with Gasteiger partial charge < -0.3 is 15.4 Å². The number of aromatic nitrogens is 2. The second kappa shape index (κ2) is 4.87. The molecule has 0 amide bonds. The van der Waals surface area contributed by atoms with E-state index in [0.717, 1.165) is 49.4 Å². The Kier molecular flexibility index (Phi) is 3.47. The van der Waals surface area contributed by atoms with Crippen LogP contribution in [0.2, 0.25) is 0 Å². The normalized spacial score (nSPS) is 16.6. The van der Waals surface area contributed by atoms with E-state index in [1.165, 1.54) is 0 Å². The van der Waals surface area contributed by atoms with Gasteiger partial charge in [0, 0.05) is 13.0 Å². The van der Waals surface area contributed by atoms with Crippen LogP contribution >= 0.6 is 0 Å². The van der Waals surface area contributed by atoms with Gasteiger partial charge in [-0.25, -0.2) is 4.98 Å². The van der Waals surface area contributed by atoms with Crippen molar-refractivity contribution in [3.8, 4) is 0 Å². The molecule has 5 nitrogen and oxygen atoms in total. The lowest BCUT2D eigenvalue weighted by Crippen LogP contribution is -2.22. The minimum atomic E-state index is -0.856. The number of carboxylic acid groups (broad SMARTS) is 1. The van der Waals surface area contributed by atoms with Crippen molar-refractivity contribution < 1.29 is 9.90 Å². The van der Waals surface area contributed by atoms with Crippen molar-refractivity contribution in [3.63, 3.8) is 0 Å². The highest BCUT2D eigenvalue weighted by atomic mass is 16.4. The first-order valence-corrected chi connectivity index (χ1v) is 6.19. The maximum absolute atomic E-state index is 10.8. The standard InChI is InChI=1S/C12H19N3O2/c1-2-9-12(8(13)7-11(16)17)15-6-4-3-5-10(15)14-9/h8H,2-7,13H2,1H3,(H,16,17). The molecule has 94 valence electrons. The number of nitrogens with zero attached hydrogens (tertiary/aromatic N) is 2. The molecule has 1 aliphatic heterocycles. The lowest BCUT2D eigenvalue weighted by Gasteiger charge is -2.19. The SMILES string of the molecule is CCc1nc2n(c1C(N)CC(=O)O)CCCC2. The van der Waals surface area contributed by atoms with Crippen molar-refractivity contribution >= 4 is 5.97 Å². The molecule has 2 heterocycles. The van der Waals surface area contributed by atoms with E-state index in [4.69, 9.17) is 10.8 Å². The first-order chi connectivity index (χ1) is 8.13. The maximum Gasteiger partial charge on any atom is 0.305 e. The molecular weight excluding hydrogens is 218 g/mol. The Hall–Kier alpha value is -1.36. The Bertz CT molecular complexity index is 426. The Balaban J connectivity index is 2.36. The molecule has 3 N–H and O–H groups in total. The van der Waals surface area contributed by atoms with Crippen LogP contribution in [0.15, 0.2) is 0 Å². The zero-order chi connectivity index (χ0) is 12.4. The van der Waals surface area contributed by atoms with Gasteiger partial charge in [-0.1, -0.05) is 6.92 Å². The molecule has 1 aliphatic rings. The molecule has 2 rings (SSSR count). The molecule has 1 aromatic heterocycles. The van der Waals surface area contributed by atoms with Crippen molar-refractivity contribution in [2.45, 2.75) is 51.6 Å². The summed E-state index contributed by atoms with van der Waals surface area (Å²) in [7, 11) is 0. The number of hydrogen-bond donors (Lipinski definition) is 2. The number of rotatable bonds is 4. The van der Waals surface area contributed by atoms with Gasteiger partial charge in [-0.05, 0) is 19.3 Å². The summed E-state index contributed by atoms with van der Waals surface area (Å²) >= 11 is 0. The minimum Gasteiger partial charge on any atom is -0.481 e. The summed E-state index contributed by atoms with van der Waals surface area (Å²) in [5.74, 6) is 0.217. The summed E-state index contributed by atoms with van der Waals surface area (Å²) in [6.07, 6.45) is 4.04. The Morgan fingerprint density at radius 2 is 2.35 bits per heavy atom. The third kappa shape index (κ3) is 2.34. The molecule has 0 fully saturated rings. The van der Waals surface area contributed by atoms with E-state index in [-0.39, 0.29) is 6.42 Å². The van der Waals surface area contributed by atoms with Crippen LogP contribution < -0.4 is 5.73 Å². The van der Waals surface area contributed by atoms with Crippen molar-refractivity contribution in [2.75, 3.05) is 0 Å². The molecule has 0 spiro atoms. The number of carbonyl (C=O) groups is 1. The van der Waals surface area contributed by atoms with Crippen LogP contribution in [0, 0.1) is 0 Å². The average molecular weight is 237 g/mol. The first-order valence-electron chi connectivity index (χ1n) is 6.19. The van der Waals surface area contributed by atoms with Crippen LogP contribution in [0.25, 0.3) is 0 Å². The van der Waals surface area contributed by atoms with Crippen LogP contribution in [0.5, 0.6) is 0 Å². The number of aliphatic carboxylic acids is 1. The summed E-state index contributed by atoms with van der Waals surface area (Å²) in [5.41, 5.74) is 7.90. The number of hydrogen-bond acceptors (Lipinski definition) is 3. The molecule has 0 saturated carbocycles. The van der Waals surface area contributed by atoms with Gasteiger partial charge in [0.25, 0.3) is 0 Å². The quantitative estimate of drug-likeness (QED) is 0.826. The van der Waals surface area contributed by atoms with E-state index in [1.54, 1.807) is 0 Å². The van der Waals surface area contributed by atoms with Crippen LogP contribution in [-0.2, 0) is 24.2 Å². The van der Waals surface area contributed by atoms with E-state index in [2.05, 4.69) is 9.55 Å². The Morgan fingerprint density at radius 1 is 1.59 bits per heavy atom. The number of fused-ring (bicyclic) bond motifs is 1. The van der Waals surface area contributed by atoms with Gasteiger partial charge in [0.2, 0.25) is 0 Å². The van der Waals surface area contributed by atoms with E-state index in [0.29, 0.717) is 0 Å². The molecule has 0 radical (unpaired) electrons. The predicted octanol–water partition coefficient (Wildman–Crippen LogP) is 1.26. The average Bonchev–Trinajstić information content (AvgIpc) is 2.66. The monoisotopic (exact) mass is 237 g/mol. The number of nitrogens with two attached hydrogens (primary N) is 1. The van der Waals surface area contributed by atoms with Crippen LogP contribution in [0.1, 0.15) is 49.4 Å². The van der Waals surface area contributed by atoms with E-state index < -0.39 is 12.0 Å². The first kappa shape index (κ1) is 12.1. The van der Waals surface area contributed by atoms with Crippen molar-refractivity contribution in [3.05, 3.63) is 17.2 Å². The van der Waals surface area contributed by atoms with Crippen LogP contribution in [0.4, 0.5) is 0 Å². The summed E-state index contributed by atoms with van der Waals surface area (Å²) in [4.78, 5) is 15.4. The summed E-state index contributed by atoms with van der Waals surface area (Å²) in [6, 6.07) is -0.443. The van der Waals surface area contributed by atoms with Crippen molar-refractivity contribution in [1.29, 1.82) is 0 Å². The molecular formula is C12H19N3O2. The fourth-order valence-corrected chi connectivity index (χ4v) is 2.52. The molecule has 17 heavy (non-hydrogen) atoms. The molecule has 0 aromatic carbocycles. The molecule has 1 aromatic rings. The second-order valence-corrected chi connectivity index (χ2v) is 4.53. The lowest BCUT2D eigenvalue weighted by molar-refractivity contribution is -0.137. The largest absolute Gasteiger partial charge is 0.481 e. The van der Waals surface area contributed by atoms with E-state index in [1.807, 2.05) is 6.92 Å². The highest BCUT2D eigenvalue weighted by molar-refractivity contribution is 5.67. The van der Waals surface area contributed by atoms with Gasteiger partial charge in [-0.2, -0.15) is 0 Å². The second-order valence-electron chi connectivity index (χ2n) is 4.53. The zero-order valence-electron chi connectivity index (χ0n) is 10.1. The molecule has 5 heteroatoms. The third-order valence-corrected chi connectivity index (χ3v) is 3.27. The molecule has 0 aliphatic carbocycles. The third-order valence-electron chi connectivity index (χ3n) is 3.27. The van der Waals surface area contributed by atoms with Gasteiger partial charge in [0.05, 0.1) is 23.9 Å². The highest BCUT2D eigenvalue weighted by Gasteiger charge is 2.24. The fraction of sp³-hybridized carbons (Fsp3) is 0.667. The summed E-state index contributed by atoms with van der Waals surface area (Å²) in [5, 5.41) is 8.84. The van der Waals surface area contributed by atoms with Crippen molar-refractivity contribution in [1.82, 2.24) is 9.55 Å². The Labute approximate surface area is 101 Å². The number of imidazole rings is 1. The molecule has 1 atom stereocenters. The zero-order valence-corrected chi connectivity index (χ0v) is 10.1. The minimum absolute atomic E-state index is 0.0296. The number of carboxylic acids is 1. The van der Waals surface area contributed by atoms with Crippen LogP contribution in [0.3, 0.4) is 0 Å². The Morgan fingerprint density at radius 3 is 3.00 bits per heavy atom. The van der Waals surface area contributed by atoms with E-state index in [9.17, 15) is 4.79 Å². The maximum atomic E-state index is 10.8. The smallest absolute Gasteiger partial charge is 0.305 e. The molecule has 1 unspecified atom stereocenters. The molecule has 0 bridgehead atoms. The summed E-state index contributed by atoms with van der Waals surface area (Å²) in [6.45, 7) is 2.95. The van der Waals surface area contributed by atoms with Gasteiger partial charge in [-0.3, -0.25) is 4.79 Å². The van der Waals surface area contributed by atoms with Gasteiger partial charge in [0.15, 0.2) is 0 Å². The summed E-state index contributed by atoms with van der Waals surface area (Å²) < 4.78 is 2.13. The lowest BCUT2D eigenvalue weighted by atomic mass is 10.1. The van der Waals surface area contributed by atoms with Gasteiger partial charge in [-0.15, -0.1) is 0 Å². The topological polar surface area (TPSA) is 81.1 Å². The fourth-order valence-electron chi connectivity index (χ4n) is 2.52. The van der Waals surface area contributed by atoms with Gasteiger partial charge in [0.1, 0.15) is 5.82 Å². The van der Waals surface area contributed by atoms with Gasteiger partial charge >= 0.3 is 5.97 Å². The van der Waals surface area contributed by atoms with Crippen LogP contribution in [-0.4, -0.2) is 20.6 Å². The molecule has 0 saturated heterocycles. The van der Waals surface area contributed by atoms with Crippen molar-refractivity contribution in [2.24, 2.45) is 5.73 Å². The number of aryl methyl sites for hydroxylation is 2. The predicted molar refractivity (Wildman–Crippen MR) is 63.7 cm³/mol. The van der Waals surface area contributed by atoms with E-state index >= 15 is 0 Å².